The molecular formula is C18H27ClN4O6. The van der Waals surface area contributed by atoms with Gasteiger partial charge in [0.2, 0.25) is 5.91 Å². The highest BCUT2D eigenvalue weighted by Crippen LogP contribution is 2.35. The average Bonchev–Trinajstić information content (AvgIpc) is 2.71. The molecule has 10 nitrogen and oxygen atoms in total. The highest BCUT2D eigenvalue weighted by atomic mass is 35.5. The number of nitrogens with one attached hydrogen (secondary N) is 1. The molecule has 1 atom stereocenters. The molecule has 3 N–H and O–H groups in total. The van der Waals surface area contributed by atoms with E-state index in [9.17, 15) is 19.7 Å². The first-order chi connectivity index (χ1) is 13.4. The molecule has 1 aromatic carbocycles. The normalized spacial score (nSPS) is 15.8. The summed E-state index contributed by atoms with van der Waals surface area (Å²) in [6.45, 7) is 3.39. The maximum atomic E-state index is 13.0. The summed E-state index contributed by atoms with van der Waals surface area (Å²) < 4.78 is 10.6. The van der Waals surface area contributed by atoms with Gasteiger partial charge >= 0.3 is 0 Å². The second-order valence-corrected chi connectivity index (χ2v) is 6.38. The second kappa shape index (κ2) is 11.4. The van der Waals surface area contributed by atoms with Gasteiger partial charge in [0, 0.05) is 32.2 Å². The van der Waals surface area contributed by atoms with E-state index in [1.165, 1.54) is 24.1 Å². The molecule has 0 aliphatic carbocycles. The van der Waals surface area contributed by atoms with Crippen LogP contribution in [0.25, 0.3) is 0 Å². The molecular weight excluding hydrogens is 404 g/mol. The van der Waals surface area contributed by atoms with Crippen molar-refractivity contribution in [1.29, 1.82) is 0 Å². The molecule has 0 saturated carbocycles. The summed E-state index contributed by atoms with van der Waals surface area (Å²) in [5.74, 6) is -0.599. The number of hydrogen-bond donors (Lipinski definition) is 2. The summed E-state index contributed by atoms with van der Waals surface area (Å²) in [6, 6.07) is 2.52. The van der Waals surface area contributed by atoms with Gasteiger partial charge in [-0.15, -0.1) is 12.4 Å². The van der Waals surface area contributed by atoms with Gasteiger partial charge in [-0.1, -0.05) is 0 Å². The Labute approximate surface area is 175 Å². The van der Waals surface area contributed by atoms with Gasteiger partial charge in [-0.05, 0) is 19.8 Å². The molecule has 1 aromatic rings. The predicted octanol–water partition coefficient (Wildman–Crippen LogP) is 1.35. The van der Waals surface area contributed by atoms with Crippen LogP contribution >= 0.6 is 12.4 Å². The molecule has 0 spiro atoms. The van der Waals surface area contributed by atoms with E-state index in [4.69, 9.17) is 15.2 Å². The van der Waals surface area contributed by atoms with E-state index in [-0.39, 0.29) is 53.5 Å². The fraction of sp³-hybridized carbons (Fsp3) is 0.556. The highest BCUT2D eigenvalue weighted by Gasteiger charge is 2.33. The van der Waals surface area contributed by atoms with Crippen LogP contribution in [0.3, 0.4) is 0 Å². The fourth-order valence-electron chi connectivity index (χ4n) is 3.19. The lowest BCUT2D eigenvalue weighted by Crippen LogP contribution is -2.46. The largest absolute Gasteiger partial charge is 0.493 e. The standard InChI is InChI=1S/C18H26N4O6.ClH/c1-3-28-16-9-13(14(22(25)26)10-15(16)27-2)18(24)21-8-4-5-12(11-21)17(23)20-7-6-19;/h9-10,12H,3-8,11,19H2,1-2H3,(H,20,23);1H. The molecule has 0 radical (unpaired) electrons. The third-order valence-electron chi connectivity index (χ3n) is 4.53. The molecule has 11 heteroatoms. The van der Waals surface area contributed by atoms with E-state index < -0.39 is 10.8 Å². The second-order valence-electron chi connectivity index (χ2n) is 6.38. The Morgan fingerprint density at radius 1 is 1.38 bits per heavy atom. The molecule has 1 unspecified atom stereocenters. The van der Waals surface area contributed by atoms with Gasteiger partial charge in [0.05, 0.1) is 30.6 Å². The number of piperidine rings is 1. The van der Waals surface area contributed by atoms with Crippen molar-refractivity contribution >= 4 is 29.9 Å². The number of amides is 2. The first-order valence-electron chi connectivity index (χ1n) is 9.19. The van der Waals surface area contributed by atoms with Gasteiger partial charge in [-0.3, -0.25) is 19.7 Å². The van der Waals surface area contributed by atoms with Crippen LogP contribution < -0.4 is 20.5 Å². The predicted molar refractivity (Wildman–Crippen MR) is 109 cm³/mol. The molecule has 1 aliphatic rings. The molecule has 0 aromatic heterocycles. The number of carbonyl (C=O) groups is 2. The maximum absolute atomic E-state index is 13.0. The molecule has 2 amide bonds. The smallest absolute Gasteiger partial charge is 0.286 e. The molecule has 1 heterocycles. The van der Waals surface area contributed by atoms with Crippen LogP contribution in [-0.4, -0.2) is 61.5 Å². The Kier molecular flexibility index (Phi) is 9.63. The first kappa shape index (κ1) is 24.4. The minimum Gasteiger partial charge on any atom is -0.493 e. The molecule has 0 bridgehead atoms. The van der Waals surface area contributed by atoms with Crippen molar-refractivity contribution in [3.63, 3.8) is 0 Å². The Bertz CT molecular complexity index is 745. The van der Waals surface area contributed by atoms with Gasteiger partial charge in [0.15, 0.2) is 11.5 Å². The number of methoxy groups -OCH3 is 1. The molecule has 1 aliphatic heterocycles. The van der Waals surface area contributed by atoms with Crippen molar-refractivity contribution in [3.8, 4) is 11.5 Å². The minimum absolute atomic E-state index is 0. The van der Waals surface area contributed by atoms with Crippen molar-refractivity contribution in [3.05, 3.63) is 27.8 Å². The van der Waals surface area contributed by atoms with Crippen LogP contribution in [0, 0.1) is 16.0 Å². The van der Waals surface area contributed by atoms with Gasteiger partial charge in [-0.25, -0.2) is 0 Å². The van der Waals surface area contributed by atoms with Crippen molar-refractivity contribution in [2.24, 2.45) is 11.7 Å². The third kappa shape index (κ3) is 5.94. The Morgan fingerprint density at radius 2 is 2.10 bits per heavy atom. The van der Waals surface area contributed by atoms with Gasteiger partial charge < -0.3 is 25.4 Å². The minimum atomic E-state index is -0.624. The van der Waals surface area contributed by atoms with Crippen LogP contribution in [0.5, 0.6) is 11.5 Å². The quantitative estimate of drug-likeness (QED) is 0.469. The van der Waals surface area contributed by atoms with Crippen LogP contribution in [0.4, 0.5) is 5.69 Å². The Balaban J connectivity index is 0.00000420. The van der Waals surface area contributed by atoms with E-state index in [0.717, 1.165) is 0 Å². The summed E-state index contributed by atoms with van der Waals surface area (Å²) in [7, 11) is 1.37. The number of nitro groups is 1. The summed E-state index contributed by atoms with van der Waals surface area (Å²) in [6.07, 6.45) is 1.28. The number of nitrogens with zero attached hydrogens (tertiary/aromatic N) is 2. The van der Waals surface area contributed by atoms with Crippen molar-refractivity contribution in [1.82, 2.24) is 10.2 Å². The number of halogens is 1. The summed E-state index contributed by atoms with van der Waals surface area (Å²) >= 11 is 0. The average molecular weight is 431 g/mol. The summed E-state index contributed by atoms with van der Waals surface area (Å²) in [4.78, 5) is 37.6. The molecule has 1 saturated heterocycles. The van der Waals surface area contributed by atoms with Crippen LogP contribution in [0.1, 0.15) is 30.1 Å². The monoisotopic (exact) mass is 430 g/mol. The maximum Gasteiger partial charge on any atom is 0.286 e. The number of ether oxygens (including phenoxy) is 2. The highest BCUT2D eigenvalue weighted by molar-refractivity contribution is 5.99. The van der Waals surface area contributed by atoms with Crippen LogP contribution in [-0.2, 0) is 4.79 Å². The van der Waals surface area contributed by atoms with Gasteiger partial charge in [0.25, 0.3) is 11.6 Å². The lowest BCUT2D eigenvalue weighted by Gasteiger charge is -2.32. The number of benzene rings is 1. The number of nitrogens with two attached hydrogens (primary N) is 1. The summed E-state index contributed by atoms with van der Waals surface area (Å²) in [5.41, 5.74) is 4.95. The van der Waals surface area contributed by atoms with E-state index in [1.54, 1.807) is 6.92 Å². The molecule has 29 heavy (non-hydrogen) atoms. The Hall–Kier alpha value is -2.59. The molecule has 1 fully saturated rings. The van der Waals surface area contributed by atoms with Crippen molar-refractivity contribution in [2.75, 3.05) is 39.9 Å². The number of carbonyl (C=O) groups excluding carboxylic acids is 2. The first-order valence-corrected chi connectivity index (χ1v) is 9.19. The lowest BCUT2D eigenvalue weighted by atomic mass is 9.96. The lowest BCUT2D eigenvalue weighted by molar-refractivity contribution is -0.385. The topological polar surface area (TPSA) is 137 Å². The van der Waals surface area contributed by atoms with Crippen LogP contribution in [0.2, 0.25) is 0 Å². The van der Waals surface area contributed by atoms with Gasteiger partial charge in [-0.2, -0.15) is 0 Å². The molecule has 162 valence electrons. The van der Waals surface area contributed by atoms with E-state index in [2.05, 4.69) is 5.32 Å². The Morgan fingerprint density at radius 3 is 2.69 bits per heavy atom. The number of likely N-dealkylation sites (tertiary alicyclic amines) is 1. The molecule has 2 rings (SSSR count). The van der Waals surface area contributed by atoms with Crippen LogP contribution in [0.15, 0.2) is 12.1 Å². The number of hydrogen-bond acceptors (Lipinski definition) is 7. The fourth-order valence-corrected chi connectivity index (χ4v) is 3.19. The van der Waals surface area contributed by atoms with E-state index in [1.807, 2.05) is 0 Å². The van der Waals surface area contributed by atoms with E-state index in [0.29, 0.717) is 39.1 Å². The number of nitro benzene ring substituents is 1. The number of rotatable bonds is 8. The van der Waals surface area contributed by atoms with E-state index >= 15 is 0 Å². The zero-order valence-corrected chi connectivity index (χ0v) is 17.3. The SMILES string of the molecule is CCOc1cc(C(=O)N2CCCC(C(=O)NCCN)C2)c([N+](=O)[O-])cc1OC.Cl. The van der Waals surface area contributed by atoms with Gasteiger partial charge in [0.1, 0.15) is 5.56 Å². The van der Waals surface area contributed by atoms with Crippen molar-refractivity contribution < 1.29 is 24.0 Å². The van der Waals surface area contributed by atoms with Crippen molar-refractivity contribution in [2.45, 2.75) is 19.8 Å². The summed E-state index contributed by atoms with van der Waals surface area (Å²) in [5, 5.41) is 14.2. The zero-order valence-electron chi connectivity index (χ0n) is 16.5. The third-order valence-corrected chi connectivity index (χ3v) is 4.53. The zero-order chi connectivity index (χ0) is 20.7.